The van der Waals surface area contributed by atoms with E-state index >= 15 is 0 Å². The van der Waals surface area contributed by atoms with Gasteiger partial charge in [0.1, 0.15) is 5.82 Å². The van der Waals surface area contributed by atoms with Gasteiger partial charge in [-0.3, -0.25) is 0 Å². The van der Waals surface area contributed by atoms with Crippen molar-refractivity contribution >= 4 is 11.8 Å². The van der Waals surface area contributed by atoms with E-state index in [4.69, 9.17) is 4.74 Å². The third-order valence-electron chi connectivity index (χ3n) is 3.67. The molecule has 0 saturated carbocycles. The van der Waals surface area contributed by atoms with Gasteiger partial charge in [-0.05, 0) is 32.5 Å². The lowest BCUT2D eigenvalue weighted by molar-refractivity contribution is 0.180. The molecule has 7 heteroatoms. The Kier molecular flexibility index (Phi) is 10.6. The molecule has 0 aromatic carbocycles. The van der Waals surface area contributed by atoms with Crippen LogP contribution in [0, 0.1) is 0 Å². The first-order valence-electron chi connectivity index (χ1n) is 8.89. The maximum absolute atomic E-state index is 5.08. The maximum atomic E-state index is 5.08. The second-order valence-electron chi connectivity index (χ2n) is 6.15. The Morgan fingerprint density at radius 2 is 2.00 bits per heavy atom. The number of pyridine rings is 1. The SMILES string of the molecule is CCNC(=NCc1cccc(N(C)C)n1)NCCN(C)CCCOC. The van der Waals surface area contributed by atoms with E-state index in [1.807, 2.05) is 37.2 Å². The van der Waals surface area contributed by atoms with E-state index in [0.717, 1.165) is 56.7 Å². The molecule has 0 aliphatic rings. The zero-order valence-electron chi connectivity index (χ0n) is 16.4. The number of nitrogens with one attached hydrogen (secondary N) is 2. The second kappa shape index (κ2) is 12.5. The smallest absolute Gasteiger partial charge is 0.191 e. The van der Waals surface area contributed by atoms with Gasteiger partial charge in [-0.15, -0.1) is 0 Å². The lowest BCUT2D eigenvalue weighted by Gasteiger charge is -2.18. The number of anilines is 1. The third-order valence-corrected chi connectivity index (χ3v) is 3.67. The highest BCUT2D eigenvalue weighted by Crippen LogP contribution is 2.08. The highest BCUT2D eigenvalue weighted by Gasteiger charge is 2.02. The first-order chi connectivity index (χ1) is 12.1. The molecular formula is C18H34N6O. The van der Waals surface area contributed by atoms with Gasteiger partial charge in [0.25, 0.3) is 0 Å². The highest BCUT2D eigenvalue weighted by molar-refractivity contribution is 5.79. The van der Waals surface area contributed by atoms with E-state index < -0.39 is 0 Å². The number of hydrogen-bond donors (Lipinski definition) is 2. The van der Waals surface area contributed by atoms with Crippen LogP contribution >= 0.6 is 0 Å². The summed E-state index contributed by atoms with van der Waals surface area (Å²) in [7, 11) is 7.84. The number of rotatable bonds is 11. The van der Waals surface area contributed by atoms with Crippen LogP contribution in [0.15, 0.2) is 23.2 Å². The molecule has 2 N–H and O–H groups in total. The predicted molar refractivity (Wildman–Crippen MR) is 105 cm³/mol. The summed E-state index contributed by atoms with van der Waals surface area (Å²) < 4.78 is 5.08. The van der Waals surface area contributed by atoms with Crippen molar-refractivity contribution in [1.29, 1.82) is 0 Å². The average molecular weight is 351 g/mol. The van der Waals surface area contributed by atoms with Crippen LogP contribution in [0.25, 0.3) is 0 Å². The Balaban J connectivity index is 2.47. The number of nitrogens with zero attached hydrogens (tertiary/aromatic N) is 4. The van der Waals surface area contributed by atoms with Gasteiger partial charge in [0.05, 0.1) is 12.2 Å². The predicted octanol–water partition coefficient (Wildman–Crippen LogP) is 1.17. The fourth-order valence-corrected chi connectivity index (χ4v) is 2.26. The summed E-state index contributed by atoms with van der Waals surface area (Å²) in [6.07, 6.45) is 1.05. The Labute approximate surface area is 152 Å². The van der Waals surface area contributed by atoms with Crippen molar-refractivity contribution in [2.75, 3.05) is 65.9 Å². The topological polar surface area (TPSA) is 65.0 Å². The summed E-state index contributed by atoms with van der Waals surface area (Å²) in [4.78, 5) is 13.5. The van der Waals surface area contributed by atoms with Crippen LogP contribution in [0.2, 0.25) is 0 Å². The van der Waals surface area contributed by atoms with Crippen LogP contribution in [0.4, 0.5) is 5.82 Å². The Bertz CT molecular complexity index is 506. The Morgan fingerprint density at radius 1 is 1.20 bits per heavy atom. The Hall–Kier alpha value is -1.86. The zero-order chi connectivity index (χ0) is 18.5. The minimum Gasteiger partial charge on any atom is -0.385 e. The normalized spacial score (nSPS) is 11.7. The summed E-state index contributed by atoms with van der Waals surface area (Å²) in [5.74, 6) is 1.77. The van der Waals surface area contributed by atoms with Gasteiger partial charge in [-0.1, -0.05) is 6.07 Å². The fourth-order valence-electron chi connectivity index (χ4n) is 2.26. The number of aromatic nitrogens is 1. The quantitative estimate of drug-likeness (QED) is 0.355. The standard InChI is InChI=1S/C18H34N6O/c1-6-19-18(20-11-13-24(4)12-8-14-25-5)21-15-16-9-7-10-17(22-16)23(2)3/h7,9-10H,6,8,11-15H2,1-5H3,(H2,19,20,21). The maximum Gasteiger partial charge on any atom is 0.191 e. The second-order valence-corrected chi connectivity index (χ2v) is 6.15. The summed E-state index contributed by atoms with van der Waals surface area (Å²) in [5.41, 5.74) is 0.958. The van der Waals surface area contributed by atoms with E-state index in [9.17, 15) is 0 Å². The molecule has 1 rings (SSSR count). The molecule has 1 aromatic heterocycles. The third kappa shape index (κ3) is 9.26. The molecule has 1 heterocycles. The van der Waals surface area contributed by atoms with Gasteiger partial charge < -0.3 is 25.2 Å². The summed E-state index contributed by atoms with van der Waals surface area (Å²) >= 11 is 0. The summed E-state index contributed by atoms with van der Waals surface area (Å²) in [5, 5.41) is 6.66. The molecule has 0 saturated heterocycles. The van der Waals surface area contributed by atoms with Crippen molar-refractivity contribution < 1.29 is 4.74 Å². The first kappa shape index (κ1) is 21.2. The number of ether oxygens (including phenoxy) is 1. The lowest BCUT2D eigenvalue weighted by Crippen LogP contribution is -2.41. The minimum atomic E-state index is 0.556. The molecule has 0 amide bonds. The summed E-state index contributed by atoms with van der Waals surface area (Å²) in [6.45, 7) is 7.11. The van der Waals surface area contributed by atoms with Gasteiger partial charge in [0, 0.05) is 54.0 Å². The largest absolute Gasteiger partial charge is 0.385 e. The number of guanidine groups is 1. The zero-order valence-corrected chi connectivity index (χ0v) is 16.4. The Morgan fingerprint density at radius 3 is 2.68 bits per heavy atom. The first-order valence-corrected chi connectivity index (χ1v) is 8.89. The summed E-state index contributed by atoms with van der Waals surface area (Å²) in [6, 6.07) is 6.02. The van der Waals surface area contributed by atoms with E-state index in [-0.39, 0.29) is 0 Å². The van der Waals surface area contributed by atoms with Crippen LogP contribution in [-0.2, 0) is 11.3 Å². The fraction of sp³-hybridized carbons (Fsp3) is 0.667. The van der Waals surface area contributed by atoms with Crippen molar-refractivity contribution in [2.45, 2.75) is 19.9 Å². The van der Waals surface area contributed by atoms with Gasteiger partial charge in [0.15, 0.2) is 5.96 Å². The molecule has 0 aliphatic heterocycles. The molecule has 142 valence electrons. The molecule has 7 nitrogen and oxygen atoms in total. The van der Waals surface area contributed by atoms with E-state index in [2.05, 4.69) is 39.5 Å². The van der Waals surface area contributed by atoms with Crippen molar-refractivity contribution in [1.82, 2.24) is 20.5 Å². The number of methoxy groups -OCH3 is 1. The molecule has 0 fully saturated rings. The van der Waals surface area contributed by atoms with Crippen LogP contribution < -0.4 is 15.5 Å². The highest BCUT2D eigenvalue weighted by atomic mass is 16.5. The van der Waals surface area contributed by atoms with Gasteiger partial charge >= 0.3 is 0 Å². The van der Waals surface area contributed by atoms with Crippen LogP contribution in [0.3, 0.4) is 0 Å². The molecule has 0 spiro atoms. The number of aliphatic imine (C=N–C) groups is 1. The molecule has 0 atom stereocenters. The van der Waals surface area contributed by atoms with E-state index in [1.165, 1.54) is 0 Å². The minimum absolute atomic E-state index is 0.556. The monoisotopic (exact) mass is 350 g/mol. The molecule has 0 aliphatic carbocycles. The van der Waals surface area contributed by atoms with E-state index in [0.29, 0.717) is 6.54 Å². The van der Waals surface area contributed by atoms with Gasteiger partial charge in [0.2, 0.25) is 0 Å². The number of hydrogen-bond acceptors (Lipinski definition) is 5. The molecule has 0 bridgehead atoms. The molecule has 25 heavy (non-hydrogen) atoms. The van der Waals surface area contributed by atoms with Crippen LogP contribution in [-0.4, -0.2) is 76.9 Å². The molecular weight excluding hydrogens is 316 g/mol. The van der Waals surface area contributed by atoms with E-state index in [1.54, 1.807) is 7.11 Å². The van der Waals surface area contributed by atoms with Crippen molar-refractivity contribution in [3.8, 4) is 0 Å². The van der Waals surface area contributed by atoms with Crippen LogP contribution in [0.1, 0.15) is 19.0 Å². The average Bonchev–Trinajstić information content (AvgIpc) is 2.60. The number of likely N-dealkylation sites (N-methyl/N-ethyl adjacent to an activating group) is 1. The van der Waals surface area contributed by atoms with Crippen molar-refractivity contribution in [3.63, 3.8) is 0 Å². The van der Waals surface area contributed by atoms with Gasteiger partial charge in [-0.25, -0.2) is 9.98 Å². The van der Waals surface area contributed by atoms with Crippen molar-refractivity contribution in [3.05, 3.63) is 23.9 Å². The lowest BCUT2D eigenvalue weighted by atomic mass is 10.3. The van der Waals surface area contributed by atoms with Crippen LogP contribution in [0.5, 0.6) is 0 Å². The van der Waals surface area contributed by atoms with Crippen molar-refractivity contribution in [2.24, 2.45) is 4.99 Å². The molecule has 0 unspecified atom stereocenters. The van der Waals surface area contributed by atoms with Gasteiger partial charge in [-0.2, -0.15) is 0 Å². The molecule has 0 radical (unpaired) electrons. The molecule has 1 aromatic rings.